The second kappa shape index (κ2) is 12.3. The maximum Gasteiger partial charge on any atom is 0.293 e. The van der Waals surface area contributed by atoms with Gasteiger partial charge in [-0.15, -0.1) is 0 Å². The van der Waals surface area contributed by atoms with Gasteiger partial charge >= 0.3 is 0 Å². The Hall–Kier alpha value is -3.56. The summed E-state index contributed by atoms with van der Waals surface area (Å²) in [7, 11) is 0. The molecule has 0 unspecified atom stereocenters. The predicted octanol–water partition coefficient (Wildman–Crippen LogP) is 6.72. The Morgan fingerprint density at radius 3 is 2.53 bits per heavy atom. The highest BCUT2D eigenvalue weighted by molar-refractivity contribution is 9.10. The van der Waals surface area contributed by atoms with Crippen LogP contribution in [0, 0.1) is 13.8 Å². The molecule has 0 aromatic heterocycles. The highest BCUT2D eigenvalue weighted by Crippen LogP contribution is 2.36. The fraction of sp³-hybridized carbons (Fsp3) is 0.207. The molecule has 3 amide bonds. The van der Waals surface area contributed by atoms with E-state index < -0.39 is 0 Å². The third-order valence-corrected chi connectivity index (χ3v) is 7.56. The van der Waals surface area contributed by atoms with Crippen molar-refractivity contribution >= 4 is 56.5 Å². The van der Waals surface area contributed by atoms with Crippen LogP contribution in [0.25, 0.3) is 6.08 Å². The number of halogens is 1. The van der Waals surface area contributed by atoms with Crippen molar-refractivity contribution in [3.8, 4) is 11.5 Å². The van der Waals surface area contributed by atoms with Gasteiger partial charge in [0.15, 0.2) is 18.1 Å². The van der Waals surface area contributed by atoms with Crippen LogP contribution in [0.15, 0.2) is 70.0 Å². The lowest BCUT2D eigenvalue weighted by Gasteiger charge is -2.14. The Bertz CT molecular complexity index is 1420. The van der Waals surface area contributed by atoms with E-state index >= 15 is 0 Å². The van der Waals surface area contributed by atoms with E-state index in [1.54, 1.807) is 24.3 Å². The van der Waals surface area contributed by atoms with Crippen LogP contribution >= 0.6 is 27.7 Å². The molecule has 3 aromatic rings. The molecule has 0 atom stereocenters. The van der Waals surface area contributed by atoms with Crippen LogP contribution in [0.1, 0.15) is 29.2 Å². The average molecular weight is 596 g/mol. The van der Waals surface area contributed by atoms with Gasteiger partial charge in [0.05, 0.1) is 18.1 Å². The molecule has 1 saturated heterocycles. The lowest BCUT2D eigenvalue weighted by atomic mass is 10.1. The first-order valence-electron chi connectivity index (χ1n) is 12.0. The third kappa shape index (κ3) is 6.65. The molecular formula is C29H27BrN2O5S. The van der Waals surface area contributed by atoms with Crippen LogP contribution in [0.2, 0.25) is 0 Å². The number of imide groups is 1. The van der Waals surface area contributed by atoms with Crippen LogP contribution in [0.5, 0.6) is 11.5 Å². The lowest BCUT2D eigenvalue weighted by Crippen LogP contribution is -2.27. The number of aryl methyl sites for hydroxylation is 2. The Labute approximate surface area is 234 Å². The molecule has 1 heterocycles. The molecule has 196 valence electrons. The summed E-state index contributed by atoms with van der Waals surface area (Å²) in [6.07, 6.45) is 1.66. The summed E-state index contributed by atoms with van der Waals surface area (Å²) in [4.78, 5) is 39.5. The first-order chi connectivity index (χ1) is 18.2. The van der Waals surface area contributed by atoms with E-state index in [2.05, 4.69) is 21.2 Å². The van der Waals surface area contributed by atoms with Gasteiger partial charge in [-0.2, -0.15) is 0 Å². The van der Waals surface area contributed by atoms with Crippen molar-refractivity contribution in [2.45, 2.75) is 27.3 Å². The van der Waals surface area contributed by atoms with E-state index in [-0.39, 0.29) is 30.2 Å². The zero-order valence-corrected chi connectivity index (χ0v) is 23.6. The van der Waals surface area contributed by atoms with Gasteiger partial charge in [0.2, 0.25) is 0 Å². The maximum absolute atomic E-state index is 13.0. The number of hydrogen-bond donors (Lipinski definition) is 1. The summed E-state index contributed by atoms with van der Waals surface area (Å²) < 4.78 is 12.3. The molecule has 0 saturated carbocycles. The monoisotopic (exact) mass is 594 g/mol. The predicted molar refractivity (Wildman–Crippen MR) is 153 cm³/mol. The normalized spacial score (nSPS) is 14.2. The summed E-state index contributed by atoms with van der Waals surface area (Å²) in [5.74, 6) is 0.199. The van der Waals surface area contributed by atoms with Crippen molar-refractivity contribution in [3.63, 3.8) is 0 Å². The van der Waals surface area contributed by atoms with Crippen molar-refractivity contribution in [1.82, 2.24) is 4.90 Å². The van der Waals surface area contributed by atoms with Crippen LogP contribution < -0.4 is 14.8 Å². The number of ether oxygens (including phenoxy) is 2. The molecule has 38 heavy (non-hydrogen) atoms. The summed E-state index contributed by atoms with van der Waals surface area (Å²) in [6.45, 7) is 6.22. The second-order valence-corrected chi connectivity index (χ2v) is 10.5. The molecule has 7 nitrogen and oxygen atoms in total. The molecular weight excluding hydrogens is 568 g/mol. The van der Waals surface area contributed by atoms with Gasteiger partial charge in [-0.1, -0.05) is 46.3 Å². The molecule has 0 radical (unpaired) electrons. The van der Waals surface area contributed by atoms with Gasteiger partial charge < -0.3 is 14.8 Å². The maximum atomic E-state index is 13.0. The van der Waals surface area contributed by atoms with Gasteiger partial charge in [0.1, 0.15) is 0 Å². The van der Waals surface area contributed by atoms with E-state index in [4.69, 9.17) is 9.47 Å². The third-order valence-electron chi connectivity index (χ3n) is 5.87. The minimum atomic E-state index is -0.350. The molecule has 1 aliphatic heterocycles. The summed E-state index contributed by atoms with van der Waals surface area (Å²) in [5.41, 5.74) is 4.46. The van der Waals surface area contributed by atoms with E-state index in [0.29, 0.717) is 34.3 Å². The topological polar surface area (TPSA) is 84.9 Å². The first kappa shape index (κ1) is 27.5. The molecule has 1 aliphatic rings. The molecule has 1 fully saturated rings. The standard InChI is InChI=1S/C29H27BrN2O5S/c1-4-36-25-14-20(10-12-24(25)37-17-27(33)31-22-11-9-18(2)19(3)13-22)15-26-28(34)32(29(35)38-26)16-21-7-5-6-8-23(21)30/h5-15H,4,16-17H2,1-3H3,(H,31,33)/b26-15+. The van der Waals surface area contributed by atoms with Crippen molar-refractivity contribution in [2.75, 3.05) is 18.5 Å². The van der Waals surface area contributed by atoms with Gasteiger partial charge in [0, 0.05) is 10.2 Å². The summed E-state index contributed by atoms with van der Waals surface area (Å²) >= 11 is 4.36. The zero-order chi connectivity index (χ0) is 27.2. The number of anilines is 1. The van der Waals surface area contributed by atoms with Crippen molar-refractivity contribution in [2.24, 2.45) is 0 Å². The molecule has 0 aliphatic carbocycles. The number of thioether (sulfide) groups is 1. The number of carbonyl (C=O) groups is 3. The minimum Gasteiger partial charge on any atom is -0.490 e. The van der Waals surface area contributed by atoms with Crippen molar-refractivity contribution in [3.05, 3.63) is 92.3 Å². The quantitative estimate of drug-likeness (QED) is 0.277. The van der Waals surface area contributed by atoms with Gasteiger partial charge in [-0.25, -0.2) is 0 Å². The average Bonchev–Trinajstić information content (AvgIpc) is 3.14. The first-order valence-corrected chi connectivity index (χ1v) is 13.6. The van der Waals surface area contributed by atoms with Gasteiger partial charge in [-0.05, 0) is 91.2 Å². The molecule has 0 spiro atoms. The molecule has 0 bridgehead atoms. The van der Waals surface area contributed by atoms with Crippen LogP contribution in [0.4, 0.5) is 10.5 Å². The zero-order valence-electron chi connectivity index (χ0n) is 21.2. The summed E-state index contributed by atoms with van der Waals surface area (Å²) in [6, 6.07) is 18.3. The largest absolute Gasteiger partial charge is 0.490 e. The van der Waals surface area contributed by atoms with E-state index in [0.717, 1.165) is 32.9 Å². The number of benzene rings is 3. The van der Waals surface area contributed by atoms with Crippen molar-refractivity contribution in [1.29, 1.82) is 0 Å². The fourth-order valence-electron chi connectivity index (χ4n) is 3.75. The number of rotatable bonds is 9. The van der Waals surface area contributed by atoms with Crippen LogP contribution in [0.3, 0.4) is 0 Å². The van der Waals surface area contributed by atoms with Gasteiger partial charge in [-0.3, -0.25) is 19.3 Å². The Balaban J connectivity index is 1.44. The van der Waals surface area contributed by atoms with Crippen molar-refractivity contribution < 1.29 is 23.9 Å². The highest BCUT2D eigenvalue weighted by atomic mass is 79.9. The number of nitrogens with zero attached hydrogens (tertiary/aromatic N) is 1. The highest BCUT2D eigenvalue weighted by Gasteiger charge is 2.35. The Morgan fingerprint density at radius 2 is 1.79 bits per heavy atom. The molecule has 3 aromatic carbocycles. The Morgan fingerprint density at radius 1 is 1.00 bits per heavy atom. The number of nitrogens with one attached hydrogen (secondary N) is 1. The van der Waals surface area contributed by atoms with E-state index in [1.807, 2.05) is 63.2 Å². The fourth-order valence-corrected chi connectivity index (χ4v) is 4.99. The smallest absolute Gasteiger partial charge is 0.293 e. The molecule has 9 heteroatoms. The number of carbonyl (C=O) groups excluding carboxylic acids is 3. The summed E-state index contributed by atoms with van der Waals surface area (Å²) in [5, 5.41) is 2.51. The lowest BCUT2D eigenvalue weighted by molar-refractivity contribution is -0.123. The Kier molecular flexibility index (Phi) is 8.91. The SMILES string of the molecule is CCOc1cc(/C=C2/SC(=O)N(Cc3ccccc3Br)C2=O)ccc1OCC(=O)Nc1ccc(C)c(C)c1. The second-order valence-electron chi connectivity index (χ2n) is 8.63. The molecule has 4 rings (SSSR count). The van der Waals surface area contributed by atoms with Gasteiger partial charge in [0.25, 0.3) is 17.1 Å². The van der Waals surface area contributed by atoms with E-state index in [1.165, 1.54) is 4.90 Å². The number of amides is 3. The number of hydrogen-bond acceptors (Lipinski definition) is 6. The minimum absolute atomic E-state index is 0.185. The van der Waals surface area contributed by atoms with Crippen LogP contribution in [-0.2, 0) is 16.1 Å². The van der Waals surface area contributed by atoms with Crippen LogP contribution in [-0.4, -0.2) is 35.2 Å². The molecule has 1 N–H and O–H groups in total. The van der Waals surface area contributed by atoms with E-state index in [9.17, 15) is 14.4 Å².